The molecule has 178 valence electrons. The molecule has 5 rings (SSSR count). The summed E-state index contributed by atoms with van der Waals surface area (Å²) in [6, 6.07) is 27.7. The van der Waals surface area contributed by atoms with Gasteiger partial charge in [0.1, 0.15) is 0 Å². The fraction of sp³-hybridized carbons (Fsp3) is 0.357. The molecule has 0 radical (unpaired) electrons. The van der Waals surface area contributed by atoms with Crippen LogP contribution in [0.1, 0.15) is 35.8 Å². The molecule has 2 unspecified atom stereocenters. The Kier molecular flexibility index (Phi) is 7.07. The Balaban J connectivity index is 1.31. The molecule has 2 aliphatic rings. The maximum absolute atomic E-state index is 13.4. The number of benzene rings is 3. The van der Waals surface area contributed by atoms with Crippen molar-refractivity contribution < 1.29 is 8.42 Å². The minimum atomic E-state index is -3.56. The van der Waals surface area contributed by atoms with Gasteiger partial charge < -0.3 is 4.90 Å². The quantitative estimate of drug-likeness (QED) is 0.446. The summed E-state index contributed by atoms with van der Waals surface area (Å²) >= 11 is 5.99. The second-order valence-electron chi connectivity index (χ2n) is 9.54. The van der Waals surface area contributed by atoms with E-state index >= 15 is 0 Å². The number of halogens is 1. The van der Waals surface area contributed by atoms with E-state index in [0.29, 0.717) is 28.9 Å². The number of likely N-dealkylation sites (tertiary alicyclic amines) is 1. The summed E-state index contributed by atoms with van der Waals surface area (Å²) in [5.74, 6) is 1.07. The number of hydrogen-bond acceptors (Lipinski definition) is 3. The lowest BCUT2D eigenvalue weighted by Gasteiger charge is -2.35. The molecule has 3 aromatic rings. The first-order chi connectivity index (χ1) is 16.5. The maximum Gasteiger partial charge on any atom is 0.243 e. The van der Waals surface area contributed by atoms with Gasteiger partial charge in [-0.2, -0.15) is 4.31 Å². The standard InChI is InChI=1S/C28H31ClN2O2S/c29-26-11-13-27(14-12-26)34(32,33)31-20-25(28(21-31)24-9-5-2-6-10-24)19-30-17-15-23(16-18-30)22-7-3-1-4-8-22/h1-14,23,25,28H,15-21H2. The van der Waals surface area contributed by atoms with Crippen molar-refractivity contribution in [2.24, 2.45) is 5.92 Å². The molecule has 2 aliphatic heterocycles. The normalized spacial score (nSPS) is 22.7. The summed E-state index contributed by atoms with van der Waals surface area (Å²) in [5, 5.41) is 0.541. The molecule has 0 saturated carbocycles. The predicted octanol–water partition coefficient (Wildman–Crippen LogP) is 5.62. The summed E-state index contributed by atoms with van der Waals surface area (Å²) in [6.07, 6.45) is 2.30. The van der Waals surface area contributed by atoms with Crippen LogP contribution >= 0.6 is 11.6 Å². The zero-order valence-electron chi connectivity index (χ0n) is 19.3. The van der Waals surface area contributed by atoms with Crippen LogP contribution in [0, 0.1) is 5.92 Å². The molecule has 2 fully saturated rings. The van der Waals surface area contributed by atoms with Crippen LogP contribution in [0.5, 0.6) is 0 Å². The first-order valence-electron chi connectivity index (χ1n) is 12.1. The van der Waals surface area contributed by atoms with E-state index in [-0.39, 0.29) is 11.8 Å². The van der Waals surface area contributed by atoms with Gasteiger partial charge in [-0.1, -0.05) is 72.3 Å². The average Bonchev–Trinajstić information content (AvgIpc) is 3.30. The van der Waals surface area contributed by atoms with E-state index in [1.54, 1.807) is 28.6 Å². The van der Waals surface area contributed by atoms with Crippen LogP contribution in [-0.2, 0) is 10.0 Å². The van der Waals surface area contributed by atoms with Gasteiger partial charge in [-0.05, 0) is 73.2 Å². The summed E-state index contributed by atoms with van der Waals surface area (Å²) < 4.78 is 28.5. The second-order valence-corrected chi connectivity index (χ2v) is 11.9. The topological polar surface area (TPSA) is 40.6 Å². The highest BCUT2D eigenvalue weighted by Gasteiger charge is 2.41. The Morgan fingerprint density at radius 1 is 0.765 bits per heavy atom. The molecule has 2 heterocycles. The summed E-state index contributed by atoms with van der Waals surface area (Å²) in [7, 11) is -3.56. The van der Waals surface area contributed by atoms with Gasteiger partial charge in [0.2, 0.25) is 10.0 Å². The molecular formula is C28H31ClN2O2S. The lowest BCUT2D eigenvalue weighted by molar-refractivity contribution is 0.180. The first-order valence-corrected chi connectivity index (χ1v) is 13.9. The first kappa shape index (κ1) is 23.6. The smallest absolute Gasteiger partial charge is 0.243 e. The van der Waals surface area contributed by atoms with Crippen molar-refractivity contribution >= 4 is 21.6 Å². The fourth-order valence-electron chi connectivity index (χ4n) is 5.55. The highest BCUT2D eigenvalue weighted by molar-refractivity contribution is 7.89. The van der Waals surface area contributed by atoms with Crippen LogP contribution in [0.3, 0.4) is 0 Å². The highest BCUT2D eigenvalue weighted by Crippen LogP contribution is 2.37. The Morgan fingerprint density at radius 3 is 1.97 bits per heavy atom. The van der Waals surface area contributed by atoms with Crippen LogP contribution < -0.4 is 0 Å². The van der Waals surface area contributed by atoms with Crippen molar-refractivity contribution in [1.82, 2.24) is 9.21 Å². The minimum Gasteiger partial charge on any atom is -0.303 e. The number of rotatable bonds is 6. The van der Waals surface area contributed by atoms with Crippen LogP contribution in [0.15, 0.2) is 89.8 Å². The molecule has 34 heavy (non-hydrogen) atoms. The third-order valence-corrected chi connectivity index (χ3v) is 9.54. The molecule has 0 aromatic heterocycles. The van der Waals surface area contributed by atoms with Crippen LogP contribution in [0.2, 0.25) is 5.02 Å². The average molecular weight is 495 g/mol. The van der Waals surface area contributed by atoms with Crippen LogP contribution in [-0.4, -0.2) is 50.3 Å². The Labute approximate surface area is 208 Å². The van der Waals surface area contributed by atoms with Gasteiger partial charge in [0.05, 0.1) is 4.90 Å². The van der Waals surface area contributed by atoms with Gasteiger partial charge >= 0.3 is 0 Å². The van der Waals surface area contributed by atoms with Gasteiger partial charge in [-0.25, -0.2) is 8.42 Å². The van der Waals surface area contributed by atoms with Gasteiger partial charge in [0, 0.05) is 30.6 Å². The fourth-order valence-corrected chi connectivity index (χ4v) is 7.20. The molecule has 6 heteroatoms. The lowest BCUT2D eigenvalue weighted by atomic mass is 9.86. The largest absolute Gasteiger partial charge is 0.303 e. The SMILES string of the molecule is O=S(=O)(c1ccc(Cl)cc1)N1CC(CN2CCC(c3ccccc3)CC2)C(c2ccccc2)C1. The van der Waals surface area contributed by atoms with Crippen molar-refractivity contribution in [3.8, 4) is 0 Å². The van der Waals surface area contributed by atoms with Crippen molar-refractivity contribution in [2.45, 2.75) is 29.6 Å². The zero-order valence-corrected chi connectivity index (χ0v) is 20.8. The van der Waals surface area contributed by atoms with Gasteiger partial charge in [0.15, 0.2) is 0 Å². The Hall–Kier alpha value is -2.18. The zero-order chi connectivity index (χ0) is 23.5. The van der Waals surface area contributed by atoms with E-state index in [4.69, 9.17) is 11.6 Å². The molecule has 4 nitrogen and oxygen atoms in total. The Bertz CT molecular complexity index is 1180. The van der Waals surface area contributed by atoms with E-state index < -0.39 is 10.0 Å². The number of hydrogen-bond donors (Lipinski definition) is 0. The van der Waals surface area contributed by atoms with Gasteiger partial charge in [-0.3, -0.25) is 0 Å². The van der Waals surface area contributed by atoms with E-state index in [2.05, 4.69) is 47.4 Å². The molecule has 0 amide bonds. The molecule has 0 aliphatic carbocycles. The molecule has 0 spiro atoms. The molecule has 2 atom stereocenters. The third kappa shape index (κ3) is 5.08. The Morgan fingerprint density at radius 2 is 1.35 bits per heavy atom. The van der Waals surface area contributed by atoms with Crippen molar-refractivity contribution in [3.63, 3.8) is 0 Å². The third-order valence-electron chi connectivity index (χ3n) is 7.44. The minimum absolute atomic E-state index is 0.190. The molecule has 0 bridgehead atoms. The summed E-state index contributed by atoms with van der Waals surface area (Å²) in [4.78, 5) is 2.85. The second kappa shape index (κ2) is 10.2. The van der Waals surface area contributed by atoms with Crippen LogP contribution in [0.25, 0.3) is 0 Å². The van der Waals surface area contributed by atoms with Crippen molar-refractivity contribution in [3.05, 3.63) is 101 Å². The number of piperidine rings is 1. The molecule has 2 saturated heterocycles. The number of sulfonamides is 1. The predicted molar refractivity (Wildman–Crippen MR) is 138 cm³/mol. The van der Waals surface area contributed by atoms with E-state index in [9.17, 15) is 8.42 Å². The van der Waals surface area contributed by atoms with Crippen LogP contribution in [0.4, 0.5) is 0 Å². The van der Waals surface area contributed by atoms with E-state index in [0.717, 1.165) is 32.5 Å². The van der Waals surface area contributed by atoms with Gasteiger partial charge in [0.25, 0.3) is 0 Å². The number of nitrogens with zero attached hydrogens (tertiary/aromatic N) is 2. The monoisotopic (exact) mass is 494 g/mol. The maximum atomic E-state index is 13.4. The molecule has 3 aromatic carbocycles. The highest BCUT2D eigenvalue weighted by atomic mass is 35.5. The summed E-state index contributed by atoms with van der Waals surface area (Å²) in [5.41, 5.74) is 2.66. The van der Waals surface area contributed by atoms with Crippen molar-refractivity contribution in [1.29, 1.82) is 0 Å². The summed E-state index contributed by atoms with van der Waals surface area (Å²) in [6.45, 7) is 4.10. The van der Waals surface area contributed by atoms with Gasteiger partial charge in [-0.15, -0.1) is 0 Å². The van der Waals surface area contributed by atoms with E-state index in [1.807, 2.05) is 18.2 Å². The molecular weight excluding hydrogens is 464 g/mol. The van der Waals surface area contributed by atoms with E-state index in [1.165, 1.54) is 11.1 Å². The molecule has 0 N–H and O–H groups in total. The lowest BCUT2D eigenvalue weighted by Crippen LogP contribution is -2.38. The van der Waals surface area contributed by atoms with Crippen molar-refractivity contribution in [2.75, 3.05) is 32.7 Å².